The van der Waals surface area contributed by atoms with Gasteiger partial charge in [0.25, 0.3) is 5.91 Å². The summed E-state index contributed by atoms with van der Waals surface area (Å²) in [6, 6.07) is 11.2. The first kappa shape index (κ1) is 28.0. The van der Waals surface area contributed by atoms with Gasteiger partial charge in [-0.25, -0.2) is 4.98 Å². The molecule has 0 bridgehead atoms. The highest BCUT2D eigenvalue weighted by Crippen LogP contribution is 2.32. The fourth-order valence-electron chi connectivity index (χ4n) is 6.09. The topological polar surface area (TPSA) is 85.0 Å². The van der Waals surface area contributed by atoms with E-state index in [2.05, 4.69) is 46.8 Å². The largest absolute Gasteiger partial charge is 0.379 e. The van der Waals surface area contributed by atoms with Gasteiger partial charge in [0.1, 0.15) is 5.82 Å². The Bertz CT molecular complexity index is 1090. The van der Waals surface area contributed by atoms with Crippen LogP contribution in [0.1, 0.15) is 71.7 Å². The number of ether oxygens (including phenoxy) is 3. The van der Waals surface area contributed by atoms with E-state index in [1.54, 1.807) is 13.3 Å². The fourth-order valence-corrected chi connectivity index (χ4v) is 6.09. The van der Waals surface area contributed by atoms with Crippen LogP contribution in [0.5, 0.6) is 0 Å². The Morgan fingerprint density at radius 3 is 2.64 bits per heavy atom. The van der Waals surface area contributed by atoms with E-state index in [-0.39, 0.29) is 24.2 Å². The average Bonchev–Trinajstić information content (AvgIpc) is 2.97. The van der Waals surface area contributed by atoms with Crippen molar-refractivity contribution in [2.24, 2.45) is 0 Å². The number of methoxy groups -OCH3 is 1. The molecule has 0 saturated carbocycles. The van der Waals surface area contributed by atoms with Crippen molar-refractivity contribution in [1.29, 1.82) is 0 Å². The summed E-state index contributed by atoms with van der Waals surface area (Å²) >= 11 is 0. The second kappa shape index (κ2) is 13.2. The van der Waals surface area contributed by atoms with Crippen molar-refractivity contribution in [3.8, 4) is 0 Å². The third-order valence-corrected chi connectivity index (χ3v) is 8.57. The zero-order valence-corrected chi connectivity index (χ0v) is 23.7. The Hall–Kier alpha value is -2.52. The summed E-state index contributed by atoms with van der Waals surface area (Å²) in [6.07, 6.45) is 8.14. The molecule has 3 fully saturated rings. The molecule has 3 aliphatic rings. The highest BCUT2D eigenvalue weighted by Gasteiger charge is 2.31. The Kier molecular flexibility index (Phi) is 9.50. The zero-order chi connectivity index (χ0) is 27.2. The molecular formula is C31H44N4O4. The Morgan fingerprint density at radius 2 is 1.87 bits per heavy atom. The average molecular weight is 537 g/mol. The van der Waals surface area contributed by atoms with E-state index in [1.807, 2.05) is 17.9 Å². The van der Waals surface area contributed by atoms with Crippen LogP contribution in [0.15, 0.2) is 36.5 Å². The van der Waals surface area contributed by atoms with Crippen LogP contribution in [-0.4, -0.2) is 80.0 Å². The maximum Gasteiger partial charge on any atom is 0.254 e. The summed E-state index contributed by atoms with van der Waals surface area (Å²) in [4.78, 5) is 20.0. The summed E-state index contributed by atoms with van der Waals surface area (Å²) in [5, 5.41) is 7.25. The lowest BCUT2D eigenvalue weighted by Crippen LogP contribution is -2.54. The van der Waals surface area contributed by atoms with Crippen molar-refractivity contribution >= 4 is 11.7 Å². The SMILES string of the molecule is COC1COCCC1NC1CCN(C(=O)c2ccnc(NC[C@H]3CCC[C@@H](c4ccc(C)cc4)O3)c2C)CC1. The monoisotopic (exact) mass is 536 g/mol. The van der Waals surface area contributed by atoms with Crippen molar-refractivity contribution in [2.45, 2.75) is 82.8 Å². The van der Waals surface area contributed by atoms with E-state index in [4.69, 9.17) is 14.2 Å². The number of aromatic nitrogens is 1. The predicted molar refractivity (Wildman–Crippen MR) is 152 cm³/mol. The molecule has 8 nitrogen and oxygen atoms in total. The summed E-state index contributed by atoms with van der Waals surface area (Å²) < 4.78 is 17.6. The van der Waals surface area contributed by atoms with E-state index in [0.29, 0.717) is 25.2 Å². The normalized spacial score (nSPS) is 26.4. The van der Waals surface area contributed by atoms with Gasteiger partial charge < -0.3 is 29.7 Å². The number of carbonyl (C=O) groups is 1. The Labute approximate surface area is 232 Å². The lowest BCUT2D eigenvalue weighted by molar-refractivity contribution is -0.0533. The van der Waals surface area contributed by atoms with Crippen molar-refractivity contribution in [1.82, 2.24) is 15.2 Å². The maximum atomic E-state index is 13.5. The van der Waals surface area contributed by atoms with Gasteiger partial charge in [0.2, 0.25) is 0 Å². The number of benzene rings is 1. The summed E-state index contributed by atoms with van der Waals surface area (Å²) in [5.74, 6) is 0.856. The summed E-state index contributed by atoms with van der Waals surface area (Å²) in [7, 11) is 1.75. The maximum absolute atomic E-state index is 13.5. The fraction of sp³-hybridized carbons (Fsp3) is 0.613. The van der Waals surface area contributed by atoms with Gasteiger partial charge in [0.05, 0.1) is 24.9 Å². The lowest BCUT2D eigenvalue weighted by atomic mass is 9.97. The molecule has 39 heavy (non-hydrogen) atoms. The predicted octanol–water partition coefficient (Wildman–Crippen LogP) is 4.42. The molecule has 2 unspecified atom stereocenters. The van der Waals surface area contributed by atoms with Crippen molar-refractivity contribution in [3.05, 3.63) is 58.8 Å². The van der Waals surface area contributed by atoms with Gasteiger partial charge in [0.15, 0.2) is 0 Å². The smallest absolute Gasteiger partial charge is 0.254 e. The van der Waals surface area contributed by atoms with Crippen molar-refractivity contribution in [3.63, 3.8) is 0 Å². The number of carbonyl (C=O) groups excluding carboxylic acids is 1. The molecule has 3 aliphatic heterocycles. The van der Waals surface area contributed by atoms with Crippen molar-refractivity contribution in [2.75, 3.05) is 45.3 Å². The van der Waals surface area contributed by atoms with Gasteiger partial charge in [-0.15, -0.1) is 0 Å². The first-order valence-corrected chi connectivity index (χ1v) is 14.6. The van der Waals surface area contributed by atoms with Gasteiger partial charge in [-0.2, -0.15) is 0 Å². The minimum Gasteiger partial charge on any atom is -0.379 e. The second-order valence-electron chi connectivity index (χ2n) is 11.3. The number of anilines is 1. The highest BCUT2D eigenvalue weighted by molar-refractivity contribution is 5.96. The molecule has 212 valence electrons. The molecular weight excluding hydrogens is 492 g/mol. The number of likely N-dealkylation sites (tertiary alicyclic amines) is 1. The molecule has 3 saturated heterocycles. The molecule has 2 N–H and O–H groups in total. The highest BCUT2D eigenvalue weighted by atomic mass is 16.5. The van der Waals surface area contributed by atoms with Crippen LogP contribution in [0.25, 0.3) is 0 Å². The van der Waals surface area contributed by atoms with Crippen molar-refractivity contribution < 1.29 is 19.0 Å². The van der Waals surface area contributed by atoms with Crippen LogP contribution in [0.2, 0.25) is 0 Å². The van der Waals surface area contributed by atoms with E-state index in [1.165, 1.54) is 11.1 Å². The first-order valence-electron chi connectivity index (χ1n) is 14.6. The van der Waals surface area contributed by atoms with Crippen LogP contribution in [-0.2, 0) is 14.2 Å². The van der Waals surface area contributed by atoms with Gasteiger partial charge in [0, 0.05) is 62.8 Å². The molecule has 8 heteroatoms. The zero-order valence-electron chi connectivity index (χ0n) is 23.7. The number of amides is 1. The minimum atomic E-state index is 0.0885. The van der Waals surface area contributed by atoms with E-state index >= 15 is 0 Å². The molecule has 1 aromatic carbocycles. The molecule has 0 aliphatic carbocycles. The number of pyridine rings is 1. The summed E-state index contributed by atoms with van der Waals surface area (Å²) in [5.41, 5.74) is 4.14. The second-order valence-corrected chi connectivity index (χ2v) is 11.3. The van der Waals surface area contributed by atoms with Crippen LogP contribution in [0, 0.1) is 13.8 Å². The molecule has 0 spiro atoms. The summed E-state index contributed by atoms with van der Waals surface area (Å²) in [6.45, 7) is 7.69. The molecule has 4 heterocycles. The van der Waals surface area contributed by atoms with Gasteiger partial charge in [-0.05, 0) is 64.0 Å². The number of hydrogen-bond donors (Lipinski definition) is 2. The standard InChI is InChI=1S/C31H44N4O4/c1-21-7-9-23(10-8-21)28-6-4-5-25(39-28)19-33-30-22(2)26(11-15-32-30)31(36)35-16-12-24(13-17-35)34-27-14-18-38-20-29(27)37-3/h7-11,15,24-25,27-29,34H,4-6,12-14,16-20H2,1-3H3,(H,32,33)/t25-,27?,28+,29?/m1/s1. The number of aryl methyl sites for hydroxylation is 1. The van der Waals surface area contributed by atoms with Gasteiger partial charge in [-0.3, -0.25) is 4.79 Å². The van der Waals surface area contributed by atoms with E-state index in [0.717, 1.165) is 75.2 Å². The quantitative estimate of drug-likeness (QED) is 0.517. The van der Waals surface area contributed by atoms with Crippen LogP contribution < -0.4 is 10.6 Å². The minimum absolute atomic E-state index is 0.0885. The first-order chi connectivity index (χ1) is 19.0. The molecule has 5 rings (SSSR count). The lowest BCUT2D eigenvalue weighted by Gasteiger charge is -2.38. The van der Waals surface area contributed by atoms with Gasteiger partial charge >= 0.3 is 0 Å². The number of piperidine rings is 1. The third-order valence-electron chi connectivity index (χ3n) is 8.57. The number of nitrogens with zero attached hydrogens (tertiary/aromatic N) is 2. The molecule has 2 aromatic rings. The van der Waals surface area contributed by atoms with Crippen LogP contribution in [0.4, 0.5) is 5.82 Å². The number of nitrogens with one attached hydrogen (secondary N) is 2. The molecule has 1 amide bonds. The van der Waals surface area contributed by atoms with Crippen LogP contribution >= 0.6 is 0 Å². The number of rotatable bonds is 8. The Morgan fingerprint density at radius 1 is 1.08 bits per heavy atom. The van der Waals surface area contributed by atoms with Crippen LogP contribution in [0.3, 0.4) is 0 Å². The third kappa shape index (κ3) is 6.98. The molecule has 0 radical (unpaired) electrons. The number of hydrogen-bond acceptors (Lipinski definition) is 7. The Balaban J connectivity index is 1.13. The van der Waals surface area contributed by atoms with E-state index in [9.17, 15) is 4.79 Å². The van der Waals surface area contributed by atoms with E-state index < -0.39 is 0 Å². The molecule has 4 atom stereocenters. The molecule has 1 aromatic heterocycles. The van der Waals surface area contributed by atoms with Gasteiger partial charge in [-0.1, -0.05) is 29.8 Å².